The van der Waals surface area contributed by atoms with E-state index in [4.69, 9.17) is 33.1 Å². The summed E-state index contributed by atoms with van der Waals surface area (Å²) >= 11 is 12.3. The fourth-order valence-electron chi connectivity index (χ4n) is 4.46. The Labute approximate surface area is 288 Å². The molecule has 2 aromatic carbocycles. The first-order chi connectivity index (χ1) is 23.1. The Morgan fingerprint density at radius 2 is 1.71 bits per heavy atom. The van der Waals surface area contributed by atoms with Gasteiger partial charge in [-0.15, -0.1) is 0 Å². The second-order valence-electron chi connectivity index (χ2n) is 10.8. The predicted octanol–water partition coefficient (Wildman–Crippen LogP) is 4.69. The van der Waals surface area contributed by atoms with Crippen molar-refractivity contribution in [1.82, 2.24) is 25.3 Å². The van der Waals surface area contributed by atoms with Crippen molar-refractivity contribution in [2.24, 2.45) is 0 Å². The summed E-state index contributed by atoms with van der Waals surface area (Å²) in [5, 5.41) is 22.3. The number of amides is 4. The molecule has 0 spiro atoms. The average molecular weight is 727 g/mol. The number of carbonyl (C=O) groups excluding carboxylic acids is 4. The molecule has 4 rings (SSSR count). The van der Waals surface area contributed by atoms with E-state index in [0.29, 0.717) is 43.7 Å². The number of nitrogens with zero attached hydrogens (tertiary/aromatic N) is 3. The van der Waals surface area contributed by atoms with Crippen LogP contribution < -0.4 is 16.0 Å². The van der Waals surface area contributed by atoms with Crippen LogP contribution in [0.4, 0.5) is 24.5 Å². The van der Waals surface area contributed by atoms with Crippen LogP contribution in [0.3, 0.4) is 0 Å². The van der Waals surface area contributed by atoms with Crippen molar-refractivity contribution in [3.8, 4) is 0 Å². The quantitative estimate of drug-likeness (QED) is 0.197. The van der Waals surface area contributed by atoms with Gasteiger partial charge in [-0.25, -0.2) is 4.79 Å². The molecule has 262 valence electrons. The molecule has 2 heterocycles. The van der Waals surface area contributed by atoms with Crippen molar-refractivity contribution < 1.29 is 42.3 Å². The van der Waals surface area contributed by atoms with Gasteiger partial charge in [0.2, 0.25) is 5.91 Å². The monoisotopic (exact) mass is 725 g/mol. The molecule has 4 amide bonds. The van der Waals surface area contributed by atoms with Crippen LogP contribution in [0.25, 0.3) is 0 Å². The lowest BCUT2D eigenvalue weighted by molar-refractivity contribution is -0.192. The van der Waals surface area contributed by atoms with E-state index in [1.54, 1.807) is 53.4 Å². The molecule has 0 bridgehead atoms. The van der Waals surface area contributed by atoms with Gasteiger partial charge in [0.1, 0.15) is 5.69 Å². The molecule has 1 fully saturated rings. The summed E-state index contributed by atoms with van der Waals surface area (Å²) in [6.45, 7) is 1.45. The van der Waals surface area contributed by atoms with Gasteiger partial charge in [-0.2, -0.15) is 18.3 Å². The summed E-state index contributed by atoms with van der Waals surface area (Å²) < 4.78 is 31.7. The minimum absolute atomic E-state index is 0.0538. The lowest BCUT2D eigenvalue weighted by Gasteiger charge is -2.33. The summed E-state index contributed by atoms with van der Waals surface area (Å²) in [7, 11) is 3.81. The van der Waals surface area contributed by atoms with Gasteiger partial charge in [0.25, 0.3) is 17.7 Å². The van der Waals surface area contributed by atoms with E-state index in [-0.39, 0.29) is 44.8 Å². The zero-order chi connectivity index (χ0) is 36.3. The standard InChI is InChI=1S/C29H31Cl2N7O4.C2HF3O2/c1-37(2)13-6-12-24(39)33-19-8-3-7-18(15-19)29(42)38-14-5-9-20(17-38)34-28(41)26-23(16-32-36-26)35-27(40)25-21(30)10-4-11-22(25)31;3-2(4,5)1(6)7/h3-4,6-8,10-12,15-16,20H,5,9,13-14,17H2,1-2H3,(H,32,36)(H,33,39)(H,34,41)(H,35,40);(H,6,7)/b12-6+;/t20-;/m1./s1. The highest BCUT2D eigenvalue weighted by Crippen LogP contribution is 2.26. The highest BCUT2D eigenvalue weighted by molar-refractivity contribution is 6.40. The van der Waals surface area contributed by atoms with Gasteiger partial charge in [-0.1, -0.05) is 41.4 Å². The Hall–Kier alpha value is -4.93. The number of carbonyl (C=O) groups is 5. The number of piperidine rings is 1. The molecule has 1 aliphatic heterocycles. The van der Waals surface area contributed by atoms with Gasteiger partial charge in [-0.05, 0) is 57.3 Å². The van der Waals surface area contributed by atoms with Crippen LogP contribution in [0, 0.1) is 0 Å². The molecule has 0 aliphatic carbocycles. The van der Waals surface area contributed by atoms with E-state index >= 15 is 0 Å². The largest absolute Gasteiger partial charge is 0.490 e. The number of aromatic nitrogens is 2. The normalized spacial score (nSPS) is 14.5. The topological polar surface area (TPSA) is 177 Å². The number of nitrogens with one attached hydrogen (secondary N) is 4. The van der Waals surface area contributed by atoms with Crippen molar-refractivity contribution in [3.63, 3.8) is 0 Å². The van der Waals surface area contributed by atoms with Crippen LogP contribution in [-0.4, -0.2) is 101 Å². The second-order valence-corrected chi connectivity index (χ2v) is 11.6. The van der Waals surface area contributed by atoms with Gasteiger partial charge in [0.15, 0.2) is 0 Å². The first-order valence-electron chi connectivity index (χ1n) is 14.5. The van der Waals surface area contributed by atoms with Crippen molar-refractivity contribution in [2.45, 2.75) is 25.1 Å². The summed E-state index contributed by atoms with van der Waals surface area (Å²) in [6.07, 6.45) is 0.783. The van der Waals surface area contributed by atoms with Crippen LogP contribution in [0.1, 0.15) is 44.0 Å². The number of hydrogen-bond donors (Lipinski definition) is 5. The average Bonchev–Trinajstić information content (AvgIpc) is 3.48. The van der Waals surface area contributed by atoms with Crippen LogP contribution in [0.2, 0.25) is 10.0 Å². The Bertz CT molecular complexity index is 1690. The third-order valence-corrected chi connectivity index (χ3v) is 7.34. The molecular formula is C31H32Cl2F3N7O6. The highest BCUT2D eigenvalue weighted by Gasteiger charge is 2.38. The van der Waals surface area contributed by atoms with Crippen molar-refractivity contribution >= 4 is 64.2 Å². The third-order valence-electron chi connectivity index (χ3n) is 6.71. The molecule has 5 N–H and O–H groups in total. The molecule has 0 radical (unpaired) electrons. The maximum Gasteiger partial charge on any atom is 0.490 e. The van der Waals surface area contributed by atoms with Crippen molar-refractivity contribution in [2.75, 3.05) is 44.4 Å². The Morgan fingerprint density at radius 1 is 1.06 bits per heavy atom. The summed E-state index contributed by atoms with van der Waals surface area (Å²) in [6, 6.07) is 11.1. The van der Waals surface area contributed by atoms with Gasteiger partial charge >= 0.3 is 12.1 Å². The first kappa shape index (κ1) is 38.5. The van der Waals surface area contributed by atoms with E-state index in [9.17, 15) is 32.3 Å². The highest BCUT2D eigenvalue weighted by atomic mass is 35.5. The number of alkyl halides is 3. The molecule has 13 nitrogen and oxygen atoms in total. The number of carboxylic acid groups (broad SMARTS) is 1. The lowest BCUT2D eigenvalue weighted by atomic mass is 10.0. The van der Waals surface area contributed by atoms with Crippen molar-refractivity contribution in [3.05, 3.63) is 87.7 Å². The number of halogens is 5. The molecule has 1 aliphatic rings. The minimum Gasteiger partial charge on any atom is -0.475 e. The number of likely N-dealkylation sites (N-methyl/N-ethyl adjacent to an activating group) is 1. The fourth-order valence-corrected chi connectivity index (χ4v) is 5.03. The summed E-state index contributed by atoms with van der Waals surface area (Å²) in [5.41, 5.74) is 1.23. The number of anilines is 2. The molecule has 1 atom stereocenters. The Kier molecular flexibility index (Phi) is 13.7. The zero-order valence-electron chi connectivity index (χ0n) is 26.1. The zero-order valence-corrected chi connectivity index (χ0v) is 27.6. The molecule has 3 aromatic rings. The molecule has 1 aromatic heterocycles. The fraction of sp³-hybridized carbons (Fsp3) is 0.290. The van der Waals surface area contributed by atoms with Crippen LogP contribution >= 0.6 is 23.2 Å². The predicted molar refractivity (Wildman–Crippen MR) is 176 cm³/mol. The third kappa shape index (κ3) is 11.6. The van der Waals surface area contributed by atoms with Gasteiger partial charge < -0.3 is 30.9 Å². The van der Waals surface area contributed by atoms with E-state index in [2.05, 4.69) is 26.1 Å². The SMILES string of the molecule is CN(C)C/C=C/C(=O)Nc1cccc(C(=O)N2CCC[C@@H](NC(=O)c3[nH]ncc3NC(=O)c3c(Cl)cccc3Cl)C2)c1.O=C(O)C(F)(F)F. The number of aliphatic carboxylic acids is 1. The summed E-state index contributed by atoms with van der Waals surface area (Å²) in [4.78, 5) is 63.9. The van der Waals surface area contributed by atoms with Gasteiger partial charge in [-0.3, -0.25) is 24.3 Å². The molecule has 18 heteroatoms. The smallest absolute Gasteiger partial charge is 0.475 e. The molecule has 0 saturated carbocycles. The number of benzene rings is 2. The number of carboxylic acids is 1. The second kappa shape index (κ2) is 17.5. The van der Waals surface area contributed by atoms with E-state index in [1.165, 1.54) is 12.3 Å². The van der Waals surface area contributed by atoms with E-state index < -0.39 is 24.0 Å². The number of likely N-dealkylation sites (tertiary alicyclic amines) is 1. The number of aromatic amines is 1. The molecule has 0 unspecified atom stereocenters. The number of hydrogen-bond acceptors (Lipinski definition) is 7. The van der Waals surface area contributed by atoms with Gasteiger partial charge in [0, 0.05) is 43.0 Å². The van der Waals surface area contributed by atoms with Crippen LogP contribution in [0.15, 0.2) is 60.8 Å². The molecule has 49 heavy (non-hydrogen) atoms. The first-order valence-corrected chi connectivity index (χ1v) is 15.2. The van der Waals surface area contributed by atoms with E-state index in [1.807, 2.05) is 19.0 Å². The van der Waals surface area contributed by atoms with E-state index in [0.717, 1.165) is 0 Å². The maximum absolute atomic E-state index is 13.3. The Balaban J connectivity index is 0.000000838. The molecular weight excluding hydrogens is 694 g/mol. The lowest BCUT2D eigenvalue weighted by Crippen LogP contribution is -2.49. The van der Waals surface area contributed by atoms with Crippen LogP contribution in [-0.2, 0) is 9.59 Å². The Morgan fingerprint density at radius 3 is 2.35 bits per heavy atom. The summed E-state index contributed by atoms with van der Waals surface area (Å²) in [5.74, 6) is -4.32. The maximum atomic E-state index is 13.3. The van der Waals surface area contributed by atoms with Crippen LogP contribution in [0.5, 0.6) is 0 Å². The number of H-pyrrole nitrogens is 1. The minimum atomic E-state index is -5.08. The molecule has 1 saturated heterocycles. The van der Waals surface area contributed by atoms with Crippen molar-refractivity contribution in [1.29, 1.82) is 0 Å². The number of rotatable bonds is 9. The van der Waals surface area contributed by atoms with Gasteiger partial charge in [0.05, 0.1) is 27.5 Å².